The smallest absolute Gasteiger partial charge is 0.250 e. The number of aromatic nitrogens is 1. The highest BCUT2D eigenvalue weighted by atomic mass is 16.1. The monoisotopic (exact) mass is 202 g/mol. The summed E-state index contributed by atoms with van der Waals surface area (Å²) in [6, 6.07) is 5.72. The van der Waals surface area contributed by atoms with E-state index in [0.717, 1.165) is 25.0 Å². The average Bonchev–Trinajstić information content (AvgIpc) is 2.70. The minimum absolute atomic E-state index is 0.0257. The summed E-state index contributed by atoms with van der Waals surface area (Å²) in [5, 5.41) is 8.77. The van der Waals surface area contributed by atoms with Gasteiger partial charge in [-0.2, -0.15) is 5.26 Å². The molecule has 0 spiro atoms. The van der Waals surface area contributed by atoms with E-state index in [-0.39, 0.29) is 11.5 Å². The number of nitriles is 1. The topological polar surface area (TPSA) is 45.8 Å². The predicted molar refractivity (Wildman–Crippen MR) is 57.5 cm³/mol. The molecule has 0 N–H and O–H groups in total. The van der Waals surface area contributed by atoms with Crippen LogP contribution >= 0.6 is 0 Å². The highest BCUT2D eigenvalue weighted by Gasteiger charge is 2.16. The molecule has 78 valence electrons. The van der Waals surface area contributed by atoms with Gasteiger partial charge in [0.25, 0.3) is 5.56 Å². The standard InChI is InChI=1S/C12H14N2O/c1-9(7-13)8-14-11-4-2-3-10(11)5-6-12(14)15/h5-6,9H,2-4,8H2,1H3. The van der Waals surface area contributed by atoms with Gasteiger partial charge in [0.2, 0.25) is 0 Å². The molecule has 0 aliphatic heterocycles. The van der Waals surface area contributed by atoms with Gasteiger partial charge in [-0.25, -0.2) is 0 Å². The number of rotatable bonds is 2. The third-order valence-electron chi connectivity index (χ3n) is 2.93. The molecule has 0 saturated carbocycles. The summed E-state index contributed by atoms with van der Waals surface area (Å²) in [5.41, 5.74) is 2.45. The van der Waals surface area contributed by atoms with E-state index >= 15 is 0 Å². The van der Waals surface area contributed by atoms with Crippen LogP contribution in [0.2, 0.25) is 0 Å². The van der Waals surface area contributed by atoms with Crippen molar-refractivity contribution < 1.29 is 0 Å². The molecule has 0 fully saturated rings. The van der Waals surface area contributed by atoms with Crippen LogP contribution in [0.25, 0.3) is 0 Å². The van der Waals surface area contributed by atoms with Crippen LogP contribution < -0.4 is 5.56 Å². The van der Waals surface area contributed by atoms with Crippen LogP contribution in [0.4, 0.5) is 0 Å². The third-order valence-corrected chi connectivity index (χ3v) is 2.93. The van der Waals surface area contributed by atoms with Crippen molar-refractivity contribution in [2.24, 2.45) is 5.92 Å². The maximum Gasteiger partial charge on any atom is 0.250 e. The van der Waals surface area contributed by atoms with Gasteiger partial charge in [0, 0.05) is 18.3 Å². The van der Waals surface area contributed by atoms with Gasteiger partial charge in [-0.05, 0) is 31.7 Å². The summed E-state index contributed by atoms with van der Waals surface area (Å²) in [7, 11) is 0. The van der Waals surface area contributed by atoms with Crippen LogP contribution in [0, 0.1) is 17.2 Å². The normalized spacial score (nSPS) is 15.7. The molecule has 1 aromatic heterocycles. The average molecular weight is 202 g/mol. The van der Waals surface area contributed by atoms with Crippen LogP contribution in [0.15, 0.2) is 16.9 Å². The first-order valence-electron chi connectivity index (χ1n) is 5.33. The van der Waals surface area contributed by atoms with Crippen molar-refractivity contribution in [1.29, 1.82) is 5.26 Å². The van der Waals surface area contributed by atoms with Crippen molar-refractivity contribution in [3.05, 3.63) is 33.7 Å². The van der Waals surface area contributed by atoms with Gasteiger partial charge in [0.1, 0.15) is 0 Å². The van der Waals surface area contributed by atoms with Gasteiger partial charge in [0.05, 0.1) is 12.0 Å². The molecule has 1 aromatic rings. The molecular weight excluding hydrogens is 188 g/mol. The van der Waals surface area contributed by atoms with Gasteiger partial charge < -0.3 is 4.57 Å². The Morgan fingerprint density at radius 1 is 1.53 bits per heavy atom. The van der Waals surface area contributed by atoms with Crippen molar-refractivity contribution >= 4 is 0 Å². The number of hydrogen-bond acceptors (Lipinski definition) is 2. The molecule has 0 aromatic carbocycles. The van der Waals surface area contributed by atoms with E-state index in [1.807, 2.05) is 13.0 Å². The quantitative estimate of drug-likeness (QED) is 0.729. The summed E-state index contributed by atoms with van der Waals surface area (Å²) in [4.78, 5) is 11.7. The number of pyridine rings is 1. The molecule has 0 saturated heterocycles. The molecule has 1 aliphatic rings. The highest BCUT2D eigenvalue weighted by Crippen LogP contribution is 2.20. The zero-order valence-electron chi connectivity index (χ0n) is 8.86. The fraction of sp³-hybridized carbons (Fsp3) is 0.500. The van der Waals surface area contributed by atoms with Crippen molar-refractivity contribution in [1.82, 2.24) is 4.57 Å². The maximum absolute atomic E-state index is 11.7. The second-order valence-electron chi connectivity index (χ2n) is 4.14. The Morgan fingerprint density at radius 3 is 3.07 bits per heavy atom. The molecule has 1 heterocycles. The van der Waals surface area contributed by atoms with Crippen LogP contribution in [0.1, 0.15) is 24.6 Å². The lowest BCUT2D eigenvalue weighted by molar-refractivity contribution is 0.546. The fourth-order valence-corrected chi connectivity index (χ4v) is 2.15. The zero-order valence-corrected chi connectivity index (χ0v) is 8.86. The van der Waals surface area contributed by atoms with E-state index in [9.17, 15) is 4.79 Å². The second kappa shape index (κ2) is 3.90. The minimum Gasteiger partial charge on any atom is -0.311 e. The van der Waals surface area contributed by atoms with E-state index in [1.165, 1.54) is 5.56 Å². The van der Waals surface area contributed by atoms with E-state index in [2.05, 4.69) is 6.07 Å². The highest BCUT2D eigenvalue weighted by molar-refractivity contribution is 5.25. The number of aryl methyl sites for hydroxylation is 1. The molecule has 1 atom stereocenters. The first-order chi connectivity index (χ1) is 7.22. The van der Waals surface area contributed by atoms with E-state index in [4.69, 9.17) is 5.26 Å². The second-order valence-corrected chi connectivity index (χ2v) is 4.14. The summed E-state index contributed by atoms with van der Waals surface area (Å²) in [6.07, 6.45) is 3.17. The van der Waals surface area contributed by atoms with Crippen molar-refractivity contribution in [2.45, 2.75) is 32.7 Å². The lowest BCUT2D eigenvalue weighted by atomic mass is 10.1. The first-order valence-corrected chi connectivity index (χ1v) is 5.33. The Hall–Kier alpha value is -1.56. The molecule has 3 nitrogen and oxygen atoms in total. The number of nitrogens with zero attached hydrogens (tertiary/aromatic N) is 2. The zero-order chi connectivity index (χ0) is 10.8. The van der Waals surface area contributed by atoms with Crippen LogP contribution in [0.3, 0.4) is 0 Å². The Morgan fingerprint density at radius 2 is 2.33 bits per heavy atom. The lowest BCUT2D eigenvalue weighted by Gasteiger charge is -2.12. The van der Waals surface area contributed by atoms with Gasteiger partial charge in [-0.3, -0.25) is 4.79 Å². The summed E-state index contributed by atoms with van der Waals surface area (Å²) in [5.74, 6) is -0.102. The molecular formula is C12H14N2O. The largest absolute Gasteiger partial charge is 0.311 e. The van der Waals surface area contributed by atoms with Crippen LogP contribution in [-0.4, -0.2) is 4.57 Å². The van der Waals surface area contributed by atoms with Gasteiger partial charge in [0.15, 0.2) is 0 Å². The Labute approximate surface area is 89.0 Å². The fourth-order valence-electron chi connectivity index (χ4n) is 2.15. The lowest BCUT2D eigenvalue weighted by Crippen LogP contribution is -2.25. The molecule has 2 rings (SSSR count). The summed E-state index contributed by atoms with van der Waals surface area (Å²) < 4.78 is 1.77. The van der Waals surface area contributed by atoms with Crippen molar-refractivity contribution in [3.8, 4) is 6.07 Å². The molecule has 3 heteroatoms. The van der Waals surface area contributed by atoms with Crippen LogP contribution in [0.5, 0.6) is 0 Å². The van der Waals surface area contributed by atoms with E-state index < -0.39 is 0 Å². The first kappa shape index (κ1) is 9.97. The van der Waals surface area contributed by atoms with E-state index in [0.29, 0.717) is 6.54 Å². The van der Waals surface area contributed by atoms with Crippen molar-refractivity contribution in [3.63, 3.8) is 0 Å². The molecule has 1 unspecified atom stereocenters. The Balaban J connectivity index is 2.42. The summed E-state index contributed by atoms with van der Waals surface area (Å²) >= 11 is 0. The van der Waals surface area contributed by atoms with E-state index in [1.54, 1.807) is 10.6 Å². The minimum atomic E-state index is -0.102. The summed E-state index contributed by atoms with van der Waals surface area (Å²) in [6.45, 7) is 2.37. The van der Waals surface area contributed by atoms with Crippen LogP contribution in [-0.2, 0) is 19.4 Å². The maximum atomic E-state index is 11.7. The Bertz CT molecular complexity index is 467. The van der Waals surface area contributed by atoms with Crippen molar-refractivity contribution in [2.75, 3.05) is 0 Å². The van der Waals surface area contributed by atoms with Gasteiger partial charge >= 0.3 is 0 Å². The molecule has 15 heavy (non-hydrogen) atoms. The molecule has 0 bridgehead atoms. The van der Waals surface area contributed by atoms with Gasteiger partial charge in [-0.15, -0.1) is 0 Å². The molecule has 0 radical (unpaired) electrons. The Kier molecular flexibility index (Phi) is 2.59. The predicted octanol–water partition coefficient (Wildman–Crippen LogP) is 1.50. The van der Waals surface area contributed by atoms with Gasteiger partial charge in [-0.1, -0.05) is 6.07 Å². The molecule has 1 aliphatic carbocycles. The SMILES string of the molecule is CC(C#N)Cn1c2c(ccc1=O)CCC2. The number of fused-ring (bicyclic) bond motifs is 1. The number of hydrogen-bond donors (Lipinski definition) is 0. The molecule has 0 amide bonds. The third kappa shape index (κ3) is 1.80.